The van der Waals surface area contributed by atoms with Crippen molar-refractivity contribution in [3.05, 3.63) is 64.2 Å². The Bertz CT molecular complexity index is 673. The number of benzene rings is 2. The van der Waals surface area contributed by atoms with Crippen molar-refractivity contribution < 1.29 is 9.90 Å². The van der Waals surface area contributed by atoms with Crippen LogP contribution in [-0.2, 0) is 0 Å². The minimum atomic E-state index is -0.750. The Morgan fingerprint density at radius 3 is 2.55 bits per heavy atom. The van der Waals surface area contributed by atoms with Gasteiger partial charge in [-0.25, -0.2) is 4.79 Å². The average Bonchev–Trinajstić information content (AvgIpc) is 2.50. The van der Waals surface area contributed by atoms with Crippen LogP contribution in [0.15, 0.2) is 42.5 Å². The van der Waals surface area contributed by atoms with Crippen molar-refractivity contribution in [2.45, 2.75) is 20.0 Å². The molecule has 2 aromatic carbocycles. The second-order valence-corrected chi connectivity index (χ2v) is 5.52. The molecular weight excluding hydrogens is 300 g/mol. The molecule has 1 unspecified atom stereocenters. The number of nitrogens with one attached hydrogen (secondary N) is 2. The first-order valence-electron chi connectivity index (χ1n) is 7.02. The number of hydrogen-bond acceptors (Lipinski definition) is 2. The van der Waals surface area contributed by atoms with Crippen molar-refractivity contribution >= 4 is 23.3 Å². The zero-order chi connectivity index (χ0) is 16.1. The zero-order valence-electron chi connectivity index (χ0n) is 12.6. The smallest absolute Gasteiger partial charge is 0.319 e. The zero-order valence-corrected chi connectivity index (χ0v) is 13.3. The van der Waals surface area contributed by atoms with Gasteiger partial charge >= 0.3 is 6.03 Å². The maximum absolute atomic E-state index is 11.9. The molecule has 116 valence electrons. The number of urea groups is 1. The van der Waals surface area contributed by atoms with Crippen molar-refractivity contribution in [2.75, 3.05) is 11.9 Å². The molecule has 1 atom stereocenters. The summed E-state index contributed by atoms with van der Waals surface area (Å²) in [5, 5.41) is 16.0. The lowest BCUT2D eigenvalue weighted by atomic mass is 10.0. The molecule has 0 bridgehead atoms. The molecule has 0 aromatic heterocycles. The Morgan fingerprint density at radius 1 is 1.14 bits per heavy atom. The molecule has 2 rings (SSSR count). The third-order valence-electron chi connectivity index (χ3n) is 3.44. The number of aliphatic hydroxyl groups is 1. The van der Waals surface area contributed by atoms with Gasteiger partial charge in [0.1, 0.15) is 0 Å². The van der Waals surface area contributed by atoms with Crippen LogP contribution in [0.3, 0.4) is 0 Å². The Morgan fingerprint density at radius 2 is 1.82 bits per heavy atom. The molecule has 0 saturated carbocycles. The fraction of sp³-hybridized carbons (Fsp3) is 0.235. The third-order valence-corrected chi connectivity index (χ3v) is 3.95. The number of carbonyl (C=O) groups excluding carboxylic acids is 1. The van der Waals surface area contributed by atoms with Gasteiger partial charge in [0.2, 0.25) is 0 Å². The van der Waals surface area contributed by atoms with Gasteiger partial charge in [-0.05, 0) is 36.6 Å². The lowest BCUT2D eigenvalue weighted by Crippen LogP contribution is -2.32. The maximum atomic E-state index is 11.9. The van der Waals surface area contributed by atoms with E-state index >= 15 is 0 Å². The van der Waals surface area contributed by atoms with Gasteiger partial charge in [-0.1, -0.05) is 48.0 Å². The van der Waals surface area contributed by atoms with Crippen LogP contribution in [0, 0.1) is 13.8 Å². The number of hydrogen-bond donors (Lipinski definition) is 3. The molecule has 0 spiro atoms. The van der Waals surface area contributed by atoms with Gasteiger partial charge in [0.05, 0.1) is 16.8 Å². The minimum Gasteiger partial charge on any atom is -0.387 e. The molecule has 0 fully saturated rings. The van der Waals surface area contributed by atoms with E-state index in [1.807, 2.05) is 50.2 Å². The summed E-state index contributed by atoms with van der Waals surface area (Å²) >= 11 is 6.12. The van der Waals surface area contributed by atoms with Crippen LogP contribution in [0.25, 0.3) is 0 Å². The number of anilines is 1. The van der Waals surface area contributed by atoms with Crippen LogP contribution in [0.5, 0.6) is 0 Å². The number of aryl methyl sites for hydroxylation is 2. The number of aliphatic hydroxyl groups excluding tert-OH is 1. The predicted molar refractivity (Wildman–Crippen MR) is 89.3 cm³/mol. The van der Waals surface area contributed by atoms with E-state index in [9.17, 15) is 9.90 Å². The first-order valence-corrected chi connectivity index (χ1v) is 7.40. The molecule has 3 N–H and O–H groups in total. The topological polar surface area (TPSA) is 61.4 Å². The second-order valence-electron chi connectivity index (χ2n) is 5.14. The summed E-state index contributed by atoms with van der Waals surface area (Å²) in [5.41, 5.74) is 3.22. The quantitative estimate of drug-likeness (QED) is 0.802. The Hall–Kier alpha value is -2.04. The number of carbonyl (C=O) groups is 1. The van der Waals surface area contributed by atoms with Gasteiger partial charge in [-0.3, -0.25) is 0 Å². The first-order chi connectivity index (χ1) is 10.5. The van der Waals surface area contributed by atoms with E-state index in [2.05, 4.69) is 10.6 Å². The van der Waals surface area contributed by atoms with Crippen molar-refractivity contribution in [1.82, 2.24) is 5.32 Å². The van der Waals surface area contributed by atoms with E-state index in [0.717, 1.165) is 16.7 Å². The third kappa shape index (κ3) is 4.00. The number of rotatable bonds is 4. The lowest BCUT2D eigenvalue weighted by molar-refractivity contribution is 0.174. The average molecular weight is 319 g/mol. The van der Waals surface area contributed by atoms with E-state index < -0.39 is 12.1 Å². The predicted octanol–water partition coefficient (Wildman–Crippen LogP) is 3.81. The fourth-order valence-corrected chi connectivity index (χ4v) is 2.34. The highest BCUT2D eigenvalue weighted by Gasteiger charge is 2.12. The molecule has 0 aliphatic heterocycles. The van der Waals surface area contributed by atoms with Gasteiger partial charge in [0.25, 0.3) is 0 Å². The summed E-state index contributed by atoms with van der Waals surface area (Å²) in [5.74, 6) is 0. The van der Waals surface area contributed by atoms with Crippen LogP contribution < -0.4 is 10.6 Å². The van der Waals surface area contributed by atoms with E-state index in [0.29, 0.717) is 10.7 Å². The maximum Gasteiger partial charge on any atom is 0.319 e. The van der Waals surface area contributed by atoms with Gasteiger partial charge < -0.3 is 15.7 Å². The van der Waals surface area contributed by atoms with E-state index in [-0.39, 0.29) is 6.54 Å². The van der Waals surface area contributed by atoms with Gasteiger partial charge in [-0.15, -0.1) is 0 Å². The molecular formula is C17H19ClN2O2. The van der Waals surface area contributed by atoms with Crippen LogP contribution in [0.1, 0.15) is 22.8 Å². The molecule has 5 heteroatoms. The van der Waals surface area contributed by atoms with E-state index in [1.165, 1.54) is 0 Å². The lowest BCUT2D eigenvalue weighted by Gasteiger charge is -2.15. The summed E-state index contributed by atoms with van der Waals surface area (Å²) in [4.78, 5) is 11.9. The fourth-order valence-electron chi connectivity index (χ4n) is 2.17. The van der Waals surface area contributed by atoms with Gasteiger partial charge in [0, 0.05) is 6.54 Å². The standard InChI is InChI=1S/C17H19ClN2O2/c1-11-6-3-4-8-13(11)15(21)10-19-17(22)20-14-9-5-7-12(2)16(14)18/h3-9,15,21H,10H2,1-2H3,(H2,19,20,22). The van der Waals surface area contributed by atoms with Gasteiger partial charge in [0.15, 0.2) is 0 Å². The Kier molecular flexibility index (Phi) is 5.41. The Labute approximate surface area is 135 Å². The monoisotopic (exact) mass is 318 g/mol. The molecule has 2 amide bonds. The van der Waals surface area contributed by atoms with Crippen LogP contribution in [-0.4, -0.2) is 17.7 Å². The molecule has 0 heterocycles. The highest BCUT2D eigenvalue weighted by atomic mass is 35.5. The second kappa shape index (κ2) is 7.29. The molecule has 0 radical (unpaired) electrons. The molecule has 0 aliphatic rings. The number of amides is 2. The number of halogens is 1. The van der Waals surface area contributed by atoms with Crippen LogP contribution in [0.4, 0.5) is 10.5 Å². The largest absolute Gasteiger partial charge is 0.387 e. The van der Waals surface area contributed by atoms with Crippen molar-refractivity contribution in [3.8, 4) is 0 Å². The summed E-state index contributed by atoms with van der Waals surface area (Å²) in [7, 11) is 0. The van der Waals surface area contributed by atoms with Crippen LogP contribution >= 0.6 is 11.6 Å². The first kappa shape index (κ1) is 16.3. The summed E-state index contributed by atoms with van der Waals surface area (Å²) in [6, 6.07) is 12.5. The van der Waals surface area contributed by atoms with Gasteiger partial charge in [-0.2, -0.15) is 0 Å². The molecule has 22 heavy (non-hydrogen) atoms. The molecule has 4 nitrogen and oxygen atoms in total. The molecule has 2 aromatic rings. The summed E-state index contributed by atoms with van der Waals surface area (Å²) < 4.78 is 0. The van der Waals surface area contributed by atoms with Crippen LogP contribution in [0.2, 0.25) is 5.02 Å². The van der Waals surface area contributed by atoms with Crippen molar-refractivity contribution in [3.63, 3.8) is 0 Å². The highest BCUT2D eigenvalue weighted by Crippen LogP contribution is 2.25. The molecule has 0 aliphatic carbocycles. The van der Waals surface area contributed by atoms with Crippen molar-refractivity contribution in [1.29, 1.82) is 0 Å². The highest BCUT2D eigenvalue weighted by molar-refractivity contribution is 6.34. The normalized spacial score (nSPS) is 11.8. The summed E-state index contributed by atoms with van der Waals surface area (Å²) in [6.45, 7) is 3.92. The SMILES string of the molecule is Cc1ccccc1C(O)CNC(=O)Nc1cccc(C)c1Cl. The Balaban J connectivity index is 1.93. The summed E-state index contributed by atoms with van der Waals surface area (Å²) in [6.07, 6.45) is -0.750. The molecule has 0 saturated heterocycles. The van der Waals surface area contributed by atoms with Crippen molar-refractivity contribution in [2.24, 2.45) is 0 Å². The minimum absolute atomic E-state index is 0.125. The van der Waals surface area contributed by atoms with E-state index in [1.54, 1.807) is 6.07 Å². The van der Waals surface area contributed by atoms with E-state index in [4.69, 9.17) is 11.6 Å².